The number of amides is 3. The summed E-state index contributed by atoms with van der Waals surface area (Å²) in [6.07, 6.45) is 1.59. The van der Waals surface area contributed by atoms with Gasteiger partial charge in [-0.1, -0.05) is 36.4 Å². The lowest BCUT2D eigenvalue weighted by atomic mass is 9.81. The largest absolute Gasteiger partial charge is 0.351 e. The van der Waals surface area contributed by atoms with Gasteiger partial charge in [0.25, 0.3) is 0 Å². The van der Waals surface area contributed by atoms with E-state index in [1.54, 1.807) is 4.90 Å². The third kappa shape index (κ3) is 4.71. The van der Waals surface area contributed by atoms with Gasteiger partial charge < -0.3 is 15.5 Å². The molecule has 5 nitrogen and oxygen atoms in total. The number of urea groups is 1. The molecule has 148 valence electrons. The Morgan fingerprint density at radius 2 is 1.89 bits per heavy atom. The summed E-state index contributed by atoms with van der Waals surface area (Å²) in [5.41, 5.74) is 3.57. The molecule has 5 heteroatoms. The number of rotatable bonds is 4. The Labute approximate surface area is 167 Å². The molecule has 1 aliphatic heterocycles. The minimum Gasteiger partial charge on any atom is -0.351 e. The molecule has 0 aromatic heterocycles. The van der Waals surface area contributed by atoms with Crippen molar-refractivity contribution in [2.45, 2.75) is 40.2 Å². The number of carbonyl (C=O) groups is 2. The minimum absolute atomic E-state index is 0.00353. The van der Waals surface area contributed by atoms with Crippen LogP contribution in [0.4, 0.5) is 10.5 Å². The third-order valence-corrected chi connectivity index (χ3v) is 5.50. The highest BCUT2D eigenvalue weighted by Crippen LogP contribution is 2.30. The third-order valence-electron chi connectivity index (χ3n) is 5.50. The average molecular weight is 380 g/mol. The molecule has 1 saturated heterocycles. The Hall–Kier alpha value is -2.82. The summed E-state index contributed by atoms with van der Waals surface area (Å²) >= 11 is 0. The van der Waals surface area contributed by atoms with Crippen LogP contribution in [0.15, 0.2) is 48.5 Å². The van der Waals surface area contributed by atoms with E-state index in [2.05, 4.69) is 10.6 Å². The SMILES string of the molecule is Cc1cccc(NC(=O)N2CCC[C@@](C)(C(=O)NCc3ccccc3C)C2)c1. The molecule has 0 spiro atoms. The van der Waals surface area contributed by atoms with Crippen molar-refractivity contribution in [3.8, 4) is 0 Å². The molecule has 3 amide bonds. The smallest absolute Gasteiger partial charge is 0.321 e. The normalized spacial score (nSPS) is 19.2. The minimum atomic E-state index is -0.578. The number of carbonyl (C=O) groups excluding carboxylic acids is 2. The van der Waals surface area contributed by atoms with Crippen LogP contribution in [0.1, 0.15) is 36.5 Å². The van der Waals surface area contributed by atoms with Gasteiger partial charge in [-0.05, 0) is 62.4 Å². The number of hydrogen-bond acceptors (Lipinski definition) is 2. The molecule has 2 aromatic carbocycles. The Morgan fingerprint density at radius 3 is 2.64 bits per heavy atom. The molecule has 1 atom stereocenters. The topological polar surface area (TPSA) is 61.4 Å². The number of piperidine rings is 1. The molecule has 0 bridgehead atoms. The Balaban J connectivity index is 1.61. The fourth-order valence-corrected chi connectivity index (χ4v) is 3.72. The lowest BCUT2D eigenvalue weighted by molar-refractivity contribution is -0.132. The molecular weight excluding hydrogens is 350 g/mol. The predicted molar refractivity (Wildman–Crippen MR) is 112 cm³/mol. The standard InChI is InChI=1S/C23H29N3O2/c1-17-8-6-11-20(14-17)25-22(28)26-13-7-12-23(3,16-26)21(27)24-15-19-10-5-4-9-18(19)2/h4-6,8-11,14H,7,12-13,15-16H2,1-3H3,(H,24,27)(H,25,28)/t23-/m1/s1. The molecule has 2 aromatic rings. The fraction of sp³-hybridized carbons (Fsp3) is 0.391. The van der Waals surface area contributed by atoms with E-state index in [1.165, 1.54) is 0 Å². The monoisotopic (exact) mass is 379 g/mol. The summed E-state index contributed by atoms with van der Waals surface area (Å²) in [4.78, 5) is 27.4. The fourth-order valence-electron chi connectivity index (χ4n) is 3.72. The van der Waals surface area contributed by atoms with E-state index in [4.69, 9.17) is 0 Å². The van der Waals surface area contributed by atoms with Gasteiger partial charge in [-0.3, -0.25) is 4.79 Å². The highest BCUT2D eigenvalue weighted by atomic mass is 16.2. The molecule has 28 heavy (non-hydrogen) atoms. The van der Waals surface area contributed by atoms with Crippen LogP contribution in [-0.2, 0) is 11.3 Å². The summed E-state index contributed by atoms with van der Waals surface area (Å²) < 4.78 is 0. The number of hydrogen-bond donors (Lipinski definition) is 2. The first kappa shape index (κ1) is 19.9. The quantitative estimate of drug-likeness (QED) is 0.834. The van der Waals surface area contributed by atoms with E-state index in [9.17, 15) is 9.59 Å². The maximum atomic E-state index is 12.9. The highest BCUT2D eigenvalue weighted by Gasteiger charge is 2.39. The van der Waals surface area contributed by atoms with Crippen LogP contribution in [-0.4, -0.2) is 29.9 Å². The van der Waals surface area contributed by atoms with Crippen molar-refractivity contribution in [3.63, 3.8) is 0 Å². The molecule has 3 rings (SSSR count). The van der Waals surface area contributed by atoms with E-state index >= 15 is 0 Å². The molecule has 0 unspecified atom stereocenters. The number of anilines is 1. The lowest BCUT2D eigenvalue weighted by Crippen LogP contribution is -2.52. The number of nitrogens with one attached hydrogen (secondary N) is 2. The van der Waals surface area contributed by atoms with Gasteiger partial charge in [0, 0.05) is 25.3 Å². The summed E-state index contributed by atoms with van der Waals surface area (Å²) in [6.45, 7) is 7.58. The summed E-state index contributed by atoms with van der Waals surface area (Å²) in [6, 6.07) is 15.6. The van der Waals surface area contributed by atoms with Gasteiger partial charge in [0.1, 0.15) is 0 Å². The summed E-state index contributed by atoms with van der Waals surface area (Å²) in [7, 11) is 0. The van der Waals surface area contributed by atoms with Crippen LogP contribution in [0.2, 0.25) is 0 Å². The zero-order valence-corrected chi connectivity index (χ0v) is 16.9. The van der Waals surface area contributed by atoms with E-state index in [1.807, 2.05) is 69.3 Å². The molecule has 1 heterocycles. The highest BCUT2D eigenvalue weighted by molar-refractivity contribution is 5.90. The van der Waals surface area contributed by atoms with Crippen LogP contribution in [0.5, 0.6) is 0 Å². The van der Waals surface area contributed by atoms with Crippen molar-refractivity contribution in [2.24, 2.45) is 5.41 Å². The second kappa shape index (κ2) is 8.46. The van der Waals surface area contributed by atoms with Crippen LogP contribution in [0.25, 0.3) is 0 Å². The van der Waals surface area contributed by atoms with Gasteiger partial charge in [-0.2, -0.15) is 0 Å². The average Bonchev–Trinajstić information content (AvgIpc) is 2.67. The maximum Gasteiger partial charge on any atom is 0.321 e. The molecule has 0 aliphatic carbocycles. The van der Waals surface area contributed by atoms with Crippen molar-refractivity contribution >= 4 is 17.6 Å². The molecule has 0 radical (unpaired) electrons. The maximum absolute atomic E-state index is 12.9. The Morgan fingerprint density at radius 1 is 1.11 bits per heavy atom. The van der Waals surface area contributed by atoms with E-state index in [0.717, 1.165) is 35.2 Å². The summed E-state index contributed by atoms with van der Waals surface area (Å²) in [5.74, 6) is 0.00353. The zero-order chi connectivity index (χ0) is 20.1. The lowest BCUT2D eigenvalue weighted by Gasteiger charge is -2.39. The van der Waals surface area contributed by atoms with E-state index < -0.39 is 5.41 Å². The predicted octanol–water partition coefficient (Wildman–Crippen LogP) is 4.25. The number of nitrogens with zero attached hydrogens (tertiary/aromatic N) is 1. The van der Waals surface area contributed by atoms with Crippen LogP contribution in [0, 0.1) is 19.3 Å². The van der Waals surface area contributed by atoms with Gasteiger partial charge in [-0.25, -0.2) is 4.79 Å². The van der Waals surface area contributed by atoms with Crippen LogP contribution >= 0.6 is 0 Å². The Kier molecular flexibility index (Phi) is 6.02. The zero-order valence-electron chi connectivity index (χ0n) is 16.9. The van der Waals surface area contributed by atoms with Crippen molar-refractivity contribution in [1.29, 1.82) is 0 Å². The number of benzene rings is 2. The van der Waals surface area contributed by atoms with E-state index in [0.29, 0.717) is 19.6 Å². The first-order valence-corrected chi connectivity index (χ1v) is 9.83. The van der Waals surface area contributed by atoms with Crippen molar-refractivity contribution in [2.75, 3.05) is 18.4 Å². The molecule has 1 aliphatic rings. The molecule has 1 fully saturated rings. The van der Waals surface area contributed by atoms with Gasteiger partial charge in [0.2, 0.25) is 5.91 Å². The molecular formula is C23H29N3O2. The first-order chi connectivity index (χ1) is 13.4. The number of likely N-dealkylation sites (tertiary alicyclic amines) is 1. The second-order valence-corrected chi connectivity index (χ2v) is 7.99. The molecule has 0 saturated carbocycles. The van der Waals surface area contributed by atoms with Crippen molar-refractivity contribution in [3.05, 3.63) is 65.2 Å². The first-order valence-electron chi connectivity index (χ1n) is 9.83. The van der Waals surface area contributed by atoms with Crippen molar-refractivity contribution < 1.29 is 9.59 Å². The van der Waals surface area contributed by atoms with Crippen LogP contribution in [0.3, 0.4) is 0 Å². The van der Waals surface area contributed by atoms with Gasteiger partial charge in [-0.15, -0.1) is 0 Å². The Bertz CT molecular complexity index is 864. The second-order valence-electron chi connectivity index (χ2n) is 7.99. The van der Waals surface area contributed by atoms with Crippen LogP contribution < -0.4 is 10.6 Å². The van der Waals surface area contributed by atoms with Gasteiger partial charge in [0.05, 0.1) is 5.41 Å². The summed E-state index contributed by atoms with van der Waals surface area (Å²) in [5, 5.41) is 6.02. The van der Waals surface area contributed by atoms with E-state index in [-0.39, 0.29) is 11.9 Å². The van der Waals surface area contributed by atoms with Gasteiger partial charge in [0.15, 0.2) is 0 Å². The van der Waals surface area contributed by atoms with Crippen molar-refractivity contribution in [1.82, 2.24) is 10.2 Å². The van der Waals surface area contributed by atoms with Gasteiger partial charge >= 0.3 is 6.03 Å². The number of aryl methyl sites for hydroxylation is 2. The molecule has 2 N–H and O–H groups in total.